The molecule has 1 aromatic carbocycles. The van der Waals surface area contributed by atoms with Gasteiger partial charge in [0.25, 0.3) is 0 Å². The van der Waals surface area contributed by atoms with Crippen molar-refractivity contribution in [1.29, 1.82) is 0 Å². The molecule has 25 heavy (non-hydrogen) atoms. The van der Waals surface area contributed by atoms with Gasteiger partial charge in [0.2, 0.25) is 0 Å². The van der Waals surface area contributed by atoms with Crippen LogP contribution in [0, 0.1) is 0 Å². The van der Waals surface area contributed by atoms with Crippen LogP contribution in [0.1, 0.15) is 5.56 Å². The van der Waals surface area contributed by atoms with E-state index in [2.05, 4.69) is 61.1 Å². The van der Waals surface area contributed by atoms with Crippen LogP contribution in [0.25, 0.3) is 5.70 Å². The first-order chi connectivity index (χ1) is 12.1. The lowest BCUT2D eigenvalue weighted by atomic mass is 10.1. The Balaban J connectivity index is 2.15. The molecule has 0 aliphatic carbocycles. The number of hydrogen-bond acceptors (Lipinski definition) is 6. The monoisotopic (exact) mass is 409 g/mol. The number of anilines is 2. The number of nitrogens with zero attached hydrogens (tertiary/aromatic N) is 2. The summed E-state index contributed by atoms with van der Waals surface area (Å²) < 4.78 is 6.18. The molecule has 0 bridgehead atoms. The van der Waals surface area contributed by atoms with E-state index in [9.17, 15) is 0 Å². The molecule has 1 saturated heterocycles. The average molecular weight is 410 g/mol. The van der Waals surface area contributed by atoms with Gasteiger partial charge in [-0.3, -0.25) is 10.3 Å². The van der Waals surface area contributed by atoms with Crippen LogP contribution in [0.15, 0.2) is 36.0 Å². The molecule has 0 amide bonds. The summed E-state index contributed by atoms with van der Waals surface area (Å²) in [5.41, 5.74) is 10.2. The van der Waals surface area contributed by atoms with Gasteiger partial charge in [-0.1, -0.05) is 29.1 Å². The zero-order chi connectivity index (χ0) is 18.2. The first-order valence-electron chi connectivity index (χ1n) is 8.40. The number of ether oxygens (including phenoxy) is 1. The Morgan fingerprint density at radius 2 is 2.04 bits per heavy atom. The van der Waals surface area contributed by atoms with Gasteiger partial charge in [0.05, 0.1) is 18.0 Å². The van der Waals surface area contributed by atoms with E-state index in [1.807, 2.05) is 13.1 Å². The van der Waals surface area contributed by atoms with E-state index in [0.717, 1.165) is 66.4 Å². The van der Waals surface area contributed by atoms with Crippen LogP contribution in [0.4, 0.5) is 11.4 Å². The Morgan fingerprint density at radius 1 is 1.32 bits per heavy atom. The lowest BCUT2D eigenvalue weighted by Gasteiger charge is -2.37. The van der Waals surface area contributed by atoms with E-state index >= 15 is 0 Å². The molecule has 0 aromatic heterocycles. The van der Waals surface area contributed by atoms with Gasteiger partial charge in [0.15, 0.2) is 0 Å². The average Bonchev–Trinajstić information content (AvgIpc) is 2.64. The summed E-state index contributed by atoms with van der Waals surface area (Å²) in [4.78, 5) is 4.76. The number of rotatable bonds is 9. The molecule has 1 aromatic rings. The maximum Gasteiger partial charge on any atom is 0.0864 e. The Morgan fingerprint density at radius 3 is 2.64 bits per heavy atom. The first-order valence-corrected chi connectivity index (χ1v) is 9.19. The van der Waals surface area contributed by atoms with Crippen LogP contribution >= 0.6 is 15.9 Å². The number of hydrogen-bond donors (Lipinski definition) is 3. The molecule has 0 atom stereocenters. The molecule has 0 spiro atoms. The standard InChI is InChI=1S/C18H28BrN5O/c1-5-21-22-18-16(12-15(19)13-17(18)20-3)14(2)24-8-6-23(7-9-24)10-11-25-4/h5,12-13,20-22H,1-2,6-11H2,3-4H3. The molecule has 2 rings (SSSR count). The van der Waals surface area contributed by atoms with Gasteiger partial charge >= 0.3 is 0 Å². The molecular weight excluding hydrogens is 382 g/mol. The predicted molar refractivity (Wildman–Crippen MR) is 110 cm³/mol. The summed E-state index contributed by atoms with van der Waals surface area (Å²) in [6.07, 6.45) is 1.61. The third-order valence-corrected chi connectivity index (χ3v) is 4.81. The highest BCUT2D eigenvalue weighted by molar-refractivity contribution is 9.10. The van der Waals surface area contributed by atoms with E-state index in [1.54, 1.807) is 13.3 Å². The third kappa shape index (κ3) is 5.14. The second kappa shape index (κ2) is 9.70. The number of hydrazine groups is 1. The summed E-state index contributed by atoms with van der Waals surface area (Å²) in [6.45, 7) is 13.8. The van der Waals surface area contributed by atoms with E-state index in [-0.39, 0.29) is 0 Å². The highest BCUT2D eigenvalue weighted by Crippen LogP contribution is 2.35. The Kier molecular flexibility index (Phi) is 7.61. The molecule has 7 heteroatoms. The summed E-state index contributed by atoms with van der Waals surface area (Å²) in [5.74, 6) is 0. The minimum absolute atomic E-state index is 0.777. The Bertz CT molecular complexity index is 599. The SMILES string of the molecule is C=CNNc1c(NC)cc(Br)cc1C(=C)N1CCN(CCOC)CC1. The Labute approximate surface area is 159 Å². The maximum atomic E-state index is 5.17. The fourth-order valence-corrected chi connectivity index (χ4v) is 3.38. The van der Waals surface area contributed by atoms with E-state index in [0.29, 0.717) is 0 Å². The molecule has 0 saturated carbocycles. The first kappa shape index (κ1) is 19.6. The van der Waals surface area contributed by atoms with Crippen molar-refractivity contribution in [2.75, 3.05) is 64.2 Å². The second-order valence-electron chi connectivity index (χ2n) is 5.87. The predicted octanol–water partition coefficient (Wildman–Crippen LogP) is 2.79. The van der Waals surface area contributed by atoms with Gasteiger partial charge in [0.1, 0.15) is 0 Å². The lowest BCUT2D eigenvalue weighted by Crippen LogP contribution is -2.46. The number of methoxy groups -OCH3 is 1. The number of nitrogens with one attached hydrogen (secondary N) is 3. The number of piperazine rings is 1. The molecule has 1 fully saturated rings. The van der Waals surface area contributed by atoms with E-state index in [1.165, 1.54) is 0 Å². The molecule has 1 aliphatic heterocycles. The highest BCUT2D eigenvalue weighted by atomic mass is 79.9. The van der Waals surface area contributed by atoms with Gasteiger partial charge in [-0.25, -0.2) is 0 Å². The van der Waals surface area contributed by atoms with Gasteiger partial charge in [0, 0.05) is 68.8 Å². The maximum absolute atomic E-state index is 5.17. The van der Waals surface area contributed by atoms with Crippen LogP contribution in [-0.2, 0) is 4.74 Å². The van der Waals surface area contributed by atoms with Crippen molar-refractivity contribution in [2.24, 2.45) is 0 Å². The van der Waals surface area contributed by atoms with Gasteiger partial charge in [-0.05, 0) is 12.1 Å². The zero-order valence-electron chi connectivity index (χ0n) is 15.1. The lowest BCUT2D eigenvalue weighted by molar-refractivity contribution is 0.118. The van der Waals surface area contributed by atoms with Crippen LogP contribution < -0.4 is 16.2 Å². The van der Waals surface area contributed by atoms with Crippen molar-refractivity contribution in [3.8, 4) is 0 Å². The largest absolute Gasteiger partial charge is 0.386 e. The quantitative estimate of drug-likeness (QED) is 0.545. The van der Waals surface area contributed by atoms with Gasteiger partial charge < -0.3 is 20.4 Å². The molecule has 1 aliphatic rings. The van der Waals surface area contributed by atoms with E-state index < -0.39 is 0 Å². The molecule has 6 nitrogen and oxygen atoms in total. The fraction of sp³-hybridized carbons (Fsp3) is 0.444. The number of halogens is 1. The number of benzene rings is 1. The van der Waals surface area contributed by atoms with Crippen molar-refractivity contribution in [3.63, 3.8) is 0 Å². The smallest absolute Gasteiger partial charge is 0.0864 e. The normalized spacial score (nSPS) is 14.9. The molecule has 3 N–H and O–H groups in total. The summed E-state index contributed by atoms with van der Waals surface area (Å²) in [5, 5.41) is 3.23. The van der Waals surface area contributed by atoms with Gasteiger partial charge in [-0.2, -0.15) is 0 Å². The molecular formula is C18H28BrN5O. The molecule has 138 valence electrons. The van der Waals surface area contributed by atoms with Crippen LogP contribution in [-0.4, -0.2) is 63.3 Å². The zero-order valence-corrected chi connectivity index (χ0v) is 16.7. The summed E-state index contributed by atoms with van der Waals surface area (Å²) >= 11 is 3.60. The van der Waals surface area contributed by atoms with Crippen molar-refractivity contribution in [1.82, 2.24) is 15.2 Å². The Hall–Kier alpha value is -1.70. The molecule has 0 radical (unpaired) electrons. The molecule has 1 heterocycles. The minimum atomic E-state index is 0.777. The van der Waals surface area contributed by atoms with Crippen LogP contribution in [0.3, 0.4) is 0 Å². The summed E-state index contributed by atoms with van der Waals surface area (Å²) in [7, 11) is 3.65. The van der Waals surface area contributed by atoms with Crippen molar-refractivity contribution in [3.05, 3.63) is 41.5 Å². The third-order valence-electron chi connectivity index (χ3n) is 4.35. The van der Waals surface area contributed by atoms with E-state index in [4.69, 9.17) is 4.74 Å². The second-order valence-corrected chi connectivity index (χ2v) is 6.78. The minimum Gasteiger partial charge on any atom is -0.386 e. The van der Waals surface area contributed by atoms with Crippen LogP contribution in [0.5, 0.6) is 0 Å². The van der Waals surface area contributed by atoms with Crippen LogP contribution in [0.2, 0.25) is 0 Å². The van der Waals surface area contributed by atoms with Gasteiger partial charge in [-0.15, -0.1) is 0 Å². The summed E-state index contributed by atoms with van der Waals surface area (Å²) in [6, 6.07) is 4.13. The fourth-order valence-electron chi connectivity index (χ4n) is 2.92. The van der Waals surface area contributed by atoms with Crippen molar-refractivity contribution < 1.29 is 4.74 Å². The molecule has 0 unspecified atom stereocenters. The topological polar surface area (TPSA) is 51.8 Å². The highest BCUT2D eigenvalue weighted by Gasteiger charge is 2.21. The van der Waals surface area contributed by atoms with Crippen molar-refractivity contribution in [2.45, 2.75) is 0 Å². The van der Waals surface area contributed by atoms with Crippen molar-refractivity contribution >= 4 is 33.0 Å².